The average molecular weight is 215 g/mol. The van der Waals surface area contributed by atoms with Crippen molar-refractivity contribution < 1.29 is 13.2 Å². The minimum Gasteiger partial charge on any atom is -0.497 e. The molecular weight excluding hydrogens is 202 g/mol. The monoisotopic (exact) mass is 215 g/mol. The minimum absolute atomic E-state index is 0.623. The second-order valence-corrected chi connectivity index (χ2v) is 4.89. The molecule has 0 spiro atoms. The molecule has 0 bridgehead atoms. The predicted octanol–water partition coefficient (Wildman–Crippen LogP) is 1.04. The normalized spacial score (nSPS) is 13.6. The second-order valence-electron chi connectivity index (χ2n) is 3.01. The molecule has 1 rings (SSSR count). The summed E-state index contributed by atoms with van der Waals surface area (Å²) in [6, 6.07) is 6.85. The first-order valence-corrected chi connectivity index (χ1v) is 5.71. The molecule has 5 heteroatoms. The molecular formula is C9H13NO3S. The lowest BCUT2D eigenvalue weighted by atomic mass is 10.1. The molecule has 78 valence electrons. The fourth-order valence-electron chi connectivity index (χ4n) is 1.08. The highest BCUT2D eigenvalue weighted by atomic mass is 32.2. The molecule has 14 heavy (non-hydrogen) atoms. The van der Waals surface area contributed by atoms with Crippen LogP contribution in [0.2, 0.25) is 0 Å². The maximum Gasteiger partial charge on any atom is 0.215 e. The molecule has 0 aliphatic carbocycles. The smallest absolute Gasteiger partial charge is 0.215 e. The van der Waals surface area contributed by atoms with Crippen molar-refractivity contribution in [2.24, 2.45) is 5.14 Å². The van der Waals surface area contributed by atoms with Gasteiger partial charge in [0.2, 0.25) is 10.0 Å². The summed E-state index contributed by atoms with van der Waals surface area (Å²) < 4.78 is 27.1. The molecule has 0 fully saturated rings. The number of nitrogens with two attached hydrogens (primary N) is 1. The van der Waals surface area contributed by atoms with Crippen molar-refractivity contribution in [3.05, 3.63) is 29.8 Å². The van der Waals surface area contributed by atoms with Gasteiger partial charge in [0.15, 0.2) is 0 Å². The lowest BCUT2D eigenvalue weighted by molar-refractivity contribution is 0.414. The van der Waals surface area contributed by atoms with Crippen molar-refractivity contribution in [1.29, 1.82) is 0 Å². The molecule has 0 aromatic heterocycles. The third kappa shape index (κ3) is 2.46. The van der Waals surface area contributed by atoms with E-state index in [0.717, 1.165) is 0 Å². The van der Waals surface area contributed by atoms with E-state index in [-0.39, 0.29) is 0 Å². The van der Waals surface area contributed by atoms with E-state index in [0.29, 0.717) is 11.3 Å². The lowest BCUT2D eigenvalue weighted by Gasteiger charge is -2.10. The summed E-state index contributed by atoms with van der Waals surface area (Å²) in [7, 11) is -2.01. The summed E-state index contributed by atoms with van der Waals surface area (Å²) >= 11 is 0. The Morgan fingerprint density at radius 3 is 2.57 bits per heavy atom. The Hall–Kier alpha value is -1.07. The molecule has 0 heterocycles. The standard InChI is InChI=1S/C9H13NO3S/c1-7(14(10,11)12)8-4-3-5-9(6-8)13-2/h3-7H,1-2H3,(H2,10,11,12)/t7-/m1/s1. The summed E-state index contributed by atoms with van der Waals surface area (Å²) in [4.78, 5) is 0. The van der Waals surface area contributed by atoms with Gasteiger partial charge in [-0.1, -0.05) is 12.1 Å². The van der Waals surface area contributed by atoms with Crippen LogP contribution in [0, 0.1) is 0 Å². The van der Waals surface area contributed by atoms with Crippen LogP contribution < -0.4 is 9.88 Å². The number of hydrogen-bond acceptors (Lipinski definition) is 3. The molecule has 1 aromatic carbocycles. The van der Waals surface area contributed by atoms with Crippen LogP contribution >= 0.6 is 0 Å². The van der Waals surface area contributed by atoms with Gasteiger partial charge in [0.05, 0.1) is 12.4 Å². The van der Waals surface area contributed by atoms with E-state index in [1.165, 1.54) is 7.11 Å². The third-order valence-electron chi connectivity index (χ3n) is 2.06. The van der Waals surface area contributed by atoms with Gasteiger partial charge in [-0.2, -0.15) is 0 Å². The average Bonchev–Trinajstić information content (AvgIpc) is 2.15. The summed E-state index contributed by atoms with van der Waals surface area (Å²) in [6.45, 7) is 1.55. The van der Waals surface area contributed by atoms with E-state index in [1.807, 2.05) is 0 Å². The second kappa shape index (κ2) is 3.98. The molecule has 0 aliphatic heterocycles. The van der Waals surface area contributed by atoms with Gasteiger partial charge < -0.3 is 4.74 Å². The van der Waals surface area contributed by atoms with Crippen LogP contribution in [0.15, 0.2) is 24.3 Å². The molecule has 0 unspecified atom stereocenters. The van der Waals surface area contributed by atoms with E-state index >= 15 is 0 Å². The summed E-state index contributed by atoms with van der Waals surface area (Å²) in [5.41, 5.74) is 0.631. The lowest BCUT2D eigenvalue weighted by Crippen LogP contribution is -2.19. The van der Waals surface area contributed by atoms with Gasteiger partial charge in [0.1, 0.15) is 5.75 Å². The van der Waals surface area contributed by atoms with Crippen molar-refractivity contribution in [1.82, 2.24) is 0 Å². The van der Waals surface area contributed by atoms with Crippen LogP contribution in [0.4, 0.5) is 0 Å². The van der Waals surface area contributed by atoms with Gasteiger partial charge in [-0.25, -0.2) is 13.6 Å². The maximum absolute atomic E-state index is 11.1. The molecule has 4 nitrogen and oxygen atoms in total. The Morgan fingerprint density at radius 1 is 1.43 bits per heavy atom. The van der Waals surface area contributed by atoms with Gasteiger partial charge >= 0.3 is 0 Å². The topological polar surface area (TPSA) is 69.4 Å². The minimum atomic E-state index is -3.54. The Labute approximate surface area is 83.7 Å². The molecule has 1 aromatic rings. The Balaban J connectivity index is 3.08. The van der Waals surface area contributed by atoms with E-state index < -0.39 is 15.3 Å². The number of hydrogen-bond donors (Lipinski definition) is 1. The zero-order valence-corrected chi connectivity index (χ0v) is 8.91. The van der Waals surface area contributed by atoms with Crippen molar-refractivity contribution in [2.75, 3.05) is 7.11 Å². The molecule has 0 radical (unpaired) electrons. The SMILES string of the molecule is COc1cccc([C@@H](C)S(N)(=O)=O)c1. The Morgan fingerprint density at radius 2 is 2.07 bits per heavy atom. The van der Waals surface area contributed by atoms with Gasteiger partial charge in [-0.05, 0) is 24.6 Å². The zero-order valence-electron chi connectivity index (χ0n) is 8.10. The fraction of sp³-hybridized carbons (Fsp3) is 0.333. The largest absolute Gasteiger partial charge is 0.497 e. The molecule has 0 aliphatic rings. The number of primary sulfonamides is 1. The van der Waals surface area contributed by atoms with Crippen molar-refractivity contribution in [3.63, 3.8) is 0 Å². The van der Waals surface area contributed by atoms with Crippen LogP contribution in [0.3, 0.4) is 0 Å². The van der Waals surface area contributed by atoms with Gasteiger partial charge in [-0.3, -0.25) is 0 Å². The highest BCUT2D eigenvalue weighted by molar-refractivity contribution is 7.89. The number of rotatable bonds is 3. The van der Waals surface area contributed by atoms with E-state index in [1.54, 1.807) is 31.2 Å². The highest BCUT2D eigenvalue weighted by Gasteiger charge is 2.17. The summed E-state index contributed by atoms with van der Waals surface area (Å²) in [6.07, 6.45) is 0. The van der Waals surface area contributed by atoms with Crippen molar-refractivity contribution >= 4 is 10.0 Å². The molecule has 2 N–H and O–H groups in total. The van der Waals surface area contributed by atoms with Gasteiger partial charge in [0, 0.05) is 0 Å². The zero-order chi connectivity index (χ0) is 10.8. The predicted molar refractivity (Wildman–Crippen MR) is 54.5 cm³/mol. The maximum atomic E-state index is 11.1. The number of methoxy groups -OCH3 is 1. The molecule has 0 amide bonds. The Kier molecular flexibility index (Phi) is 3.13. The van der Waals surface area contributed by atoms with Crippen LogP contribution in [0.5, 0.6) is 5.75 Å². The molecule has 0 saturated heterocycles. The van der Waals surface area contributed by atoms with Crippen LogP contribution in [0.1, 0.15) is 17.7 Å². The van der Waals surface area contributed by atoms with E-state index in [9.17, 15) is 8.42 Å². The summed E-state index contributed by atoms with van der Waals surface area (Å²) in [5.74, 6) is 0.623. The quantitative estimate of drug-likeness (QED) is 0.819. The highest BCUT2D eigenvalue weighted by Crippen LogP contribution is 2.22. The van der Waals surface area contributed by atoms with Crippen LogP contribution in [-0.4, -0.2) is 15.5 Å². The molecule has 0 saturated carbocycles. The number of ether oxygens (including phenoxy) is 1. The van der Waals surface area contributed by atoms with Gasteiger partial charge in [0.25, 0.3) is 0 Å². The first-order chi connectivity index (χ1) is 6.45. The Bertz CT molecular complexity index is 414. The van der Waals surface area contributed by atoms with Crippen LogP contribution in [0.25, 0.3) is 0 Å². The van der Waals surface area contributed by atoms with E-state index in [4.69, 9.17) is 9.88 Å². The van der Waals surface area contributed by atoms with Crippen molar-refractivity contribution in [2.45, 2.75) is 12.2 Å². The van der Waals surface area contributed by atoms with Crippen molar-refractivity contribution in [3.8, 4) is 5.75 Å². The first kappa shape index (κ1) is 11.0. The van der Waals surface area contributed by atoms with E-state index in [2.05, 4.69) is 0 Å². The third-order valence-corrected chi connectivity index (χ3v) is 3.31. The molecule has 1 atom stereocenters. The van der Waals surface area contributed by atoms with Gasteiger partial charge in [-0.15, -0.1) is 0 Å². The van der Waals surface area contributed by atoms with Crippen LogP contribution in [-0.2, 0) is 10.0 Å². The number of benzene rings is 1. The number of sulfonamides is 1. The summed E-state index contributed by atoms with van der Waals surface area (Å²) in [5, 5.41) is 4.32. The fourth-order valence-corrected chi connectivity index (χ4v) is 1.61. The first-order valence-electron chi connectivity index (χ1n) is 4.10.